The molecule has 9 heteroatoms. The second-order valence-electron chi connectivity index (χ2n) is 9.35. The average Bonchev–Trinajstić information content (AvgIpc) is 2.87. The van der Waals surface area contributed by atoms with Gasteiger partial charge < -0.3 is 39.7 Å². The maximum absolute atomic E-state index is 12.2. The Balaban J connectivity index is 1.65. The van der Waals surface area contributed by atoms with Crippen molar-refractivity contribution in [3.05, 3.63) is 65.2 Å². The van der Waals surface area contributed by atoms with E-state index in [-0.39, 0.29) is 34.7 Å². The molecule has 4 rings (SSSR count). The minimum atomic E-state index is -1.67. The van der Waals surface area contributed by atoms with E-state index in [9.17, 15) is 30.3 Å². The minimum absolute atomic E-state index is 0.0273. The monoisotopic (exact) mass is 512 g/mol. The number of Topliss-reactive ketones (excluding diaryl/α,β-unsaturated/α-hetero) is 1. The van der Waals surface area contributed by atoms with E-state index >= 15 is 0 Å². The molecular formula is C28H32O9. The number of phenols is 1. The van der Waals surface area contributed by atoms with Crippen LogP contribution in [-0.2, 0) is 11.2 Å². The Morgan fingerprint density at radius 1 is 1.05 bits per heavy atom. The second-order valence-corrected chi connectivity index (χ2v) is 9.35. The van der Waals surface area contributed by atoms with Crippen molar-refractivity contribution in [3.63, 3.8) is 0 Å². The number of carbonyl (C=O) groups is 1. The fraction of sp³-hybridized carbons (Fsp3) is 0.393. The Morgan fingerprint density at radius 3 is 2.41 bits per heavy atom. The maximum Gasteiger partial charge on any atom is 0.229 e. The SMILES string of the molecule is COc1cc(O[C@H]2O[C@H]([C@H](O)CCc3ccccc3)[C@@H](O)[C@H](O)[C@H]2O)c2c(O)c(C(C)=O)c(C)cc2c1. The molecule has 0 amide bonds. The van der Waals surface area contributed by atoms with Crippen LogP contribution in [0.25, 0.3) is 10.8 Å². The van der Waals surface area contributed by atoms with Crippen LogP contribution in [0.1, 0.15) is 34.8 Å². The zero-order valence-corrected chi connectivity index (χ0v) is 20.9. The van der Waals surface area contributed by atoms with Crippen molar-refractivity contribution in [2.24, 2.45) is 0 Å². The van der Waals surface area contributed by atoms with Gasteiger partial charge in [0.2, 0.25) is 6.29 Å². The Hall–Kier alpha value is -3.21. The molecule has 1 fully saturated rings. The summed E-state index contributed by atoms with van der Waals surface area (Å²) in [6.45, 7) is 3.04. The molecule has 3 aromatic carbocycles. The highest BCUT2D eigenvalue weighted by Crippen LogP contribution is 2.42. The van der Waals surface area contributed by atoms with E-state index in [4.69, 9.17) is 14.2 Å². The van der Waals surface area contributed by atoms with Crippen LogP contribution in [0.5, 0.6) is 17.2 Å². The number of aromatic hydroxyl groups is 1. The predicted molar refractivity (Wildman–Crippen MR) is 135 cm³/mol. The number of aliphatic hydroxyl groups is 4. The lowest BCUT2D eigenvalue weighted by Crippen LogP contribution is -2.62. The lowest BCUT2D eigenvalue weighted by Gasteiger charge is -2.42. The zero-order valence-electron chi connectivity index (χ0n) is 20.9. The van der Waals surface area contributed by atoms with Crippen LogP contribution in [0.4, 0.5) is 0 Å². The number of aliphatic hydroxyl groups excluding tert-OH is 4. The number of hydrogen-bond donors (Lipinski definition) is 5. The number of phenolic OH excluding ortho intramolecular Hbond substituents is 1. The summed E-state index contributed by atoms with van der Waals surface area (Å²) in [6.07, 6.45) is -8.12. The summed E-state index contributed by atoms with van der Waals surface area (Å²) in [5.74, 6) is -0.236. The molecule has 0 unspecified atom stereocenters. The molecule has 0 aromatic heterocycles. The highest BCUT2D eigenvalue weighted by atomic mass is 16.7. The standard InChI is InChI=1S/C28H32O9/c1-14-11-17-12-18(35-3)13-20(22(17)23(31)21(14)15(2)29)36-28-26(34)24(32)25(33)27(37-28)19(30)10-9-16-7-5-4-6-8-16/h4-8,11-13,19,24-28,30-34H,9-10H2,1-3H3/t19-,24+,25+,26-,27-,28+/m1/s1. The number of aryl methyl sites for hydroxylation is 2. The molecule has 0 radical (unpaired) electrons. The fourth-order valence-corrected chi connectivity index (χ4v) is 4.79. The first-order valence-corrected chi connectivity index (χ1v) is 12.1. The number of fused-ring (bicyclic) bond motifs is 1. The van der Waals surface area contributed by atoms with E-state index < -0.39 is 36.8 Å². The lowest BCUT2D eigenvalue weighted by atomic mass is 9.92. The van der Waals surface area contributed by atoms with E-state index in [1.165, 1.54) is 20.1 Å². The summed E-state index contributed by atoms with van der Waals surface area (Å²) < 4.78 is 17.1. The van der Waals surface area contributed by atoms with Crippen LogP contribution >= 0.6 is 0 Å². The first-order chi connectivity index (χ1) is 17.6. The number of methoxy groups -OCH3 is 1. The third kappa shape index (κ3) is 5.41. The molecule has 3 aromatic rings. The van der Waals surface area contributed by atoms with Crippen LogP contribution in [-0.4, -0.2) is 75.2 Å². The predicted octanol–water partition coefficient (Wildman–Crippen LogP) is 2.25. The highest BCUT2D eigenvalue weighted by Gasteiger charge is 2.47. The topological polar surface area (TPSA) is 146 Å². The molecule has 1 aliphatic rings. The Kier molecular flexibility index (Phi) is 8.01. The van der Waals surface area contributed by atoms with Gasteiger partial charge in [-0.25, -0.2) is 0 Å². The van der Waals surface area contributed by atoms with Gasteiger partial charge >= 0.3 is 0 Å². The molecule has 5 N–H and O–H groups in total. The summed E-state index contributed by atoms with van der Waals surface area (Å²) in [7, 11) is 1.45. The van der Waals surface area contributed by atoms with Gasteiger partial charge in [-0.2, -0.15) is 0 Å². The molecule has 6 atom stereocenters. The van der Waals surface area contributed by atoms with Crippen LogP contribution in [0.2, 0.25) is 0 Å². The molecule has 1 heterocycles. The summed E-state index contributed by atoms with van der Waals surface area (Å²) in [4.78, 5) is 12.2. The molecule has 1 aliphatic heterocycles. The molecule has 0 spiro atoms. The van der Waals surface area contributed by atoms with Gasteiger partial charge in [-0.3, -0.25) is 4.79 Å². The molecule has 37 heavy (non-hydrogen) atoms. The van der Waals surface area contributed by atoms with Crippen molar-refractivity contribution in [2.45, 2.75) is 63.5 Å². The third-order valence-electron chi connectivity index (χ3n) is 6.73. The molecule has 1 saturated heterocycles. The van der Waals surface area contributed by atoms with Gasteiger partial charge in [0.1, 0.15) is 41.7 Å². The Bertz CT molecular complexity index is 1260. The number of ether oxygens (including phenoxy) is 3. The second kappa shape index (κ2) is 11.0. The van der Waals surface area contributed by atoms with Crippen molar-refractivity contribution in [3.8, 4) is 17.2 Å². The van der Waals surface area contributed by atoms with Crippen LogP contribution < -0.4 is 9.47 Å². The lowest BCUT2D eigenvalue weighted by molar-refractivity contribution is -0.288. The normalized spacial score (nSPS) is 24.6. The van der Waals surface area contributed by atoms with Crippen molar-refractivity contribution in [2.75, 3.05) is 7.11 Å². The van der Waals surface area contributed by atoms with E-state index in [1.54, 1.807) is 19.1 Å². The van der Waals surface area contributed by atoms with Gasteiger partial charge in [-0.1, -0.05) is 36.4 Å². The fourth-order valence-electron chi connectivity index (χ4n) is 4.79. The van der Waals surface area contributed by atoms with E-state index in [0.29, 0.717) is 23.1 Å². The first kappa shape index (κ1) is 26.8. The number of carbonyl (C=O) groups excluding carboxylic acids is 1. The van der Waals surface area contributed by atoms with E-state index in [2.05, 4.69) is 0 Å². The Labute approximate surface area is 214 Å². The summed E-state index contributed by atoms with van der Waals surface area (Å²) in [5.41, 5.74) is 1.67. The molecular weight excluding hydrogens is 480 g/mol. The third-order valence-corrected chi connectivity index (χ3v) is 6.73. The van der Waals surface area contributed by atoms with Gasteiger partial charge in [0, 0.05) is 6.07 Å². The number of ketones is 1. The number of hydrogen-bond acceptors (Lipinski definition) is 9. The minimum Gasteiger partial charge on any atom is -0.506 e. The van der Waals surface area contributed by atoms with E-state index in [0.717, 1.165) is 5.56 Å². The van der Waals surface area contributed by atoms with Gasteiger partial charge in [-0.05, 0) is 49.3 Å². The van der Waals surface area contributed by atoms with Crippen molar-refractivity contribution in [1.82, 2.24) is 0 Å². The zero-order chi connectivity index (χ0) is 26.9. The number of benzene rings is 3. The Morgan fingerprint density at radius 2 is 1.76 bits per heavy atom. The van der Waals surface area contributed by atoms with Gasteiger partial charge in [-0.15, -0.1) is 0 Å². The highest BCUT2D eigenvalue weighted by molar-refractivity contribution is 6.07. The van der Waals surface area contributed by atoms with Crippen LogP contribution in [0, 0.1) is 6.92 Å². The number of rotatable bonds is 8. The molecule has 0 aliphatic carbocycles. The average molecular weight is 513 g/mol. The van der Waals surface area contributed by atoms with Gasteiger partial charge in [0.05, 0.1) is 24.2 Å². The van der Waals surface area contributed by atoms with Crippen molar-refractivity contribution < 1.29 is 44.5 Å². The quantitative estimate of drug-likeness (QED) is 0.287. The van der Waals surface area contributed by atoms with Crippen molar-refractivity contribution in [1.29, 1.82) is 0 Å². The summed E-state index contributed by atoms with van der Waals surface area (Å²) in [5, 5.41) is 54.2. The van der Waals surface area contributed by atoms with E-state index in [1.807, 2.05) is 30.3 Å². The molecule has 9 nitrogen and oxygen atoms in total. The van der Waals surface area contributed by atoms with Gasteiger partial charge in [0.15, 0.2) is 5.78 Å². The summed E-state index contributed by atoms with van der Waals surface area (Å²) >= 11 is 0. The first-order valence-electron chi connectivity index (χ1n) is 12.1. The summed E-state index contributed by atoms with van der Waals surface area (Å²) in [6, 6.07) is 14.3. The molecule has 198 valence electrons. The largest absolute Gasteiger partial charge is 0.506 e. The van der Waals surface area contributed by atoms with Crippen molar-refractivity contribution >= 4 is 16.6 Å². The molecule has 0 bridgehead atoms. The smallest absolute Gasteiger partial charge is 0.229 e. The van der Waals surface area contributed by atoms with Crippen LogP contribution in [0.15, 0.2) is 48.5 Å². The van der Waals surface area contributed by atoms with Crippen LogP contribution in [0.3, 0.4) is 0 Å². The molecule has 0 saturated carbocycles. The maximum atomic E-state index is 12.2. The van der Waals surface area contributed by atoms with Gasteiger partial charge in [0.25, 0.3) is 0 Å².